The van der Waals surface area contributed by atoms with Gasteiger partial charge in [-0.2, -0.15) is 0 Å². The van der Waals surface area contributed by atoms with Gasteiger partial charge < -0.3 is 20.1 Å². The highest BCUT2D eigenvalue weighted by molar-refractivity contribution is 6.00. The molecular formula is C14H20N2O3. The zero-order chi connectivity index (χ0) is 13.8. The normalized spacial score (nSPS) is 19.4. The van der Waals surface area contributed by atoms with Crippen LogP contribution < -0.4 is 15.2 Å². The summed E-state index contributed by atoms with van der Waals surface area (Å²) < 4.78 is 11.3. The van der Waals surface area contributed by atoms with Crippen LogP contribution in [0.25, 0.3) is 0 Å². The van der Waals surface area contributed by atoms with Crippen LogP contribution in [-0.4, -0.2) is 50.6 Å². The molecule has 1 aromatic carbocycles. The Labute approximate surface area is 113 Å². The number of likely N-dealkylation sites (N-methyl/N-ethyl adjacent to an activating group) is 1. The lowest BCUT2D eigenvalue weighted by atomic mass is 10.1. The minimum Gasteiger partial charge on any atom is -0.492 e. The number of ether oxygens (including phenoxy) is 2. The van der Waals surface area contributed by atoms with E-state index in [1.54, 1.807) is 12.1 Å². The van der Waals surface area contributed by atoms with E-state index in [-0.39, 0.29) is 18.4 Å². The first-order chi connectivity index (χ1) is 9.15. The molecule has 1 aromatic rings. The molecule has 1 aliphatic rings. The Kier molecular flexibility index (Phi) is 4.39. The summed E-state index contributed by atoms with van der Waals surface area (Å²) >= 11 is 0. The van der Waals surface area contributed by atoms with E-state index < -0.39 is 0 Å². The van der Waals surface area contributed by atoms with Crippen LogP contribution >= 0.6 is 0 Å². The monoisotopic (exact) mass is 264 g/mol. The molecule has 0 aromatic heterocycles. The second-order valence-corrected chi connectivity index (χ2v) is 4.76. The van der Waals surface area contributed by atoms with Gasteiger partial charge in [0.25, 0.3) is 0 Å². The quantitative estimate of drug-likeness (QED) is 0.801. The molecule has 5 nitrogen and oxygen atoms in total. The highest BCUT2D eigenvalue weighted by atomic mass is 16.5. The summed E-state index contributed by atoms with van der Waals surface area (Å²) in [6, 6.07) is 5.32. The molecule has 0 spiro atoms. The third-order valence-corrected chi connectivity index (χ3v) is 3.31. The van der Waals surface area contributed by atoms with Gasteiger partial charge in [-0.3, -0.25) is 4.79 Å². The van der Waals surface area contributed by atoms with E-state index in [2.05, 4.69) is 11.9 Å². The molecule has 2 N–H and O–H groups in total. The Morgan fingerprint density at radius 3 is 2.89 bits per heavy atom. The third kappa shape index (κ3) is 3.05. The van der Waals surface area contributed by atoms with E-state index in [1.807, 2.05) is 6.07 Å². The number of rotatable bonds is 5. The van der Waals surface area contributed by atoms with Crippen LogP contribution in [0, 0.1) is 0 Å². The van der Waals surface area contributed by atoms with Crippen molar-refractivity contribution >= 4 is 5.78 Å². The maximum atomic E-state index is 11.8. The number of nitrogens with zero attached hydrogens (tertiary/aromatic N) is 1. The maximum Gasteiger partial charge on any atom is 0.180 e. The third-order valence-electron chi connectivity index (χ3n) is 3.31. The first kappa shape index (κ1) is 13.8. The van der Waals surface area contributed by atoms with Crippen LogP contribution in [-0.2, 0) is 0 Å². The van der Waals surface area contributed by atoms with Gasteiger partial charge in [-0.25, -0.2) is 0 Å². The van der Waals surface area contributed by atoms with Crippen LogP contribution in [0.4, 0.5) is 0 Å². The first-order valence-corrected chi connectivity index (χ1v) is 6.41. The van der Waals surface area contributed by atoms with Crippen LogP contribution in [0.2, 0.25) is 0 Å². The number of para-hydroxylation sites is 1. The minimum absolute atomic E-state index is 0.0357. The summed E-state index contributed by atoms with van der Waals surface area (Å²) in [5.41, 5.74) is 5.89. The lowest BCUT2D eigenvalue weighted by molar-refractivity contribution is 0.0996. The van der Waals surface area contributed by atoms with Gasteiger partial charge in [0.05, 0.1) is 19.2 Å². The fraction of sp³-hybridized carbons (Fsp3) is 0.500. The van der Waals surface area contributed by atoms with E-state index in [9.17, 15) is 4.79 Å². The van der Waals surface area contributed by atoms with Crippen molar-refractivity contribution in [3.8, 4) is 11.5 Å². The minimum atomic E-state index is -0.147. The second-order valence-electron chi connectivity index (χ2n) is 4.76. The number of hydrogen-bond donors (Lipinski definition) is 1. The molecule has 1 atom stereocenters. The molecule has 19 heavy (non-hydrogen) atoms. The van der Waals surface area contributed by atoms with Gasteiger partial charge in [0, 0.05) is 13.1 Å². The molecule has 0 aliphatic carbocycles. The number of likely N-dealkylation sites (tertiary alicyclic amines) is 1. The van der Waals surface area contributed by atoms with Crippen LogP contribution in [0.3, 0.4) is 0 Å². The summed E-state index contributed by atoms with van der Waals surface area (Å²) in [6.07, 6.45) is 1.12. The Morgan fingerprint density at radius 2 is 2.32 bits per heavy atom. The largest absolute Gasteiger partial charge is 0.492 e. The average molecular weight is 264 g/mol. The topological polar surface area (TPSA) is 64.8 Å². The van der Waals surface area contributed by atoms with E-state index in [0.717, 1.165) is 19.5 Å². The zero-order valence-corrected chi connectivity index (χ0v) is 11.4. The molecule has 1 saturated heterocycles. The SMILES string of the molecule is COc1c(OC2CCN(C)C2)cccc1C(=O)CN. The molecule has 1 aliphatic heterocycles. The fourth-order valence-electron chi connectivity index (χ4n) is 2.32. The number of nitrogens with two attached hydrogens (primary N) is 1. The number of carbonyl (C=O) groups is 1. The number of hydrogen-bond acceptors (Lipinski definition) is 5. The van der Waals surface area contributed by atoms with Crippen molar-refractivity contribution in [3.63, 3.8) is 0 Å². The first-order valence-electron chi connectivity index (χ1n) is 6.41. The molecule has 0 bridgehead atoms. The van der Waals surface area contributed by atoms with Crippen molar-refractivity contribution in [3.05, 3.63) is 23.8 Å². The predicted octanol–water partition coefficient (Wildman–Crippen LogP) is 0.919. The van der Waals surface area contributed by atoms with Gasteiger partial charge in [0.1, 0.15) is 6.10 Å². The van der Waals surface area contributed by atoms with Gasteiger partial charge in [-0.05, 0) is 25.6 Å². The van der Waals surface area contributed by atoms with Crippen molar-refractivity contribution in [2.24, 2.45) is 5.73 Å². The van der Waals surface area contributed by atoms with E-state index in [0.29, 0.717) is 17.1 Å². The summed E-state index contributed by atoms with van der Waals surface area (Å²) in [5.74, 6) is 0.945. The fourth-order valence-corrected chi connectivity index (χ4v) is 2.32. The van der Waals surface area contributed by atoms with Crippen molar-refractivity contribution in [1.82, 2.24) is 4.90 Å². The molecule has 1 fully saturated rings. The number of ketones is 1. The van der Waals surface area contributed by atoms with Crippen molar-refractivity contribution < 1.29 is 14.3 Å². The summed E-state index contributed by atoms with van der Waals surface area (Å²) in [6.45, 7) is 1.87. The van der Waals surface area contributed by atoms with Crippen LogP contribution in [0.15, 0.2) is 18.2 Å². The summed E-state index contributed by atoms with van der Waals surface area (Å²) in [7, 11) is 3.60. The molecule has 1 heterocycles. The number of benzene rings is 1. The predicted molar refractivity (Wildman–Crippen MR) is 72.9 cm³/mol. The number of carbonyl (C=O) groups excluding carboxylic acids is 1. The maximum absolute atomic E-state index is 11.8. The molecule has 0 amide bonds. The molecule has 104 valence electrons. The Balaban J connectivity index is 2.22. The molecule has 0 radical (unpaired) electrons. The lowest BCUT2D eigenvalue weighted by Gasteiger charge is -2.17. The van der Waals surface area contributed by atoms with Crippen molar-refractivity contribution in [2.45, 2.75) is 12.5 Å². The summed E-state index contributed by atoms with van der Waals surface area (Å²) in [4.78, 5) is 14.0. The zero-order valence-electron chi connectivity index (χ0n) is 11.4. The molecular weight excluding hydrogens is 244 g/mol. The average Bonchev–Trinajstić information content (AvgIpc) is 2.83. The Hall–Kier alpha value is -1.59. The van der Waals surface area contributed by atoms with Gasteiger partial charge >= 0.3 is 0 Å². The summed E-state index contributed by atoms with van der Waals surface area (Å²) in [5, 5.41) is 0. The molecule has 0 saturated carbocycles. The van der Waals surface area contributed by atoms with E-state index >= 15 is 0 Å². The van der Waals surface area contributed by atoms with Crippen molar-refractivity contribution in [2.75, 3.05) is 33.8 Å². The van der Waals surface area contributed by atoms with Gasteiger partial charge in [0.2, 0.25) is 0 Å². The van der Waals surface area contributed by atoms with Gasteiger partial charge in [-0.15, -0.1) is 0 Å². The Morgan fingerprint density at radius 1 is 1.53 bits per heavy atom. The number of methoxy groups -OCH3 is 1. The smallest absolute Gasteiger partial charge is 0.180 e. The molecule has 5 heteroatoms. The van der Waals surface area contributed by atoms with Gasteiger partial charge in [0.15, 0.2) is 17.3 Å². The highest BCUT2D eigenvalue weighted by Crippen LogP contribution is 2.33. The van der Waals surface area contributed by atoms with Crippen LogP contribution in [0.1, 0.15) is 16.8 Å². The lowest BCUT2D eigenvalue weighted by Crippen LogP contribution is -2.22. The van der Waals surface area contributed by atoms with E-state index in [4.69, 9.17) is 15.2 Å². The Bertz CT molecular complexity index is 462. The highest BCUT2D eigenvalue weighted by Gasteiger charge is 2.23. The van der Waals surface area contributed by atoms with Gasteiger partial charge in [-0.1, -0.05) is 6.07 Å². The number of Topliss-reactive ketones (excluding diaryl/α,β-unsaturated/α-hetero) is 1. The molecule has 1 unspecified atom stereocenters. The standard InChI is InChI=1S/C14H20N2O3/c1-16-7-6-10(9-16)19-13-5-3-4-11(12(17)8-15)14(13)18-2/h3-5,10H,6-9,15H2,1-2H3. The van der Waals surface area contributed by atoms with Crippen molar-refractivity contribution in [1.29, 1.82) is 0 Å². The van der Waals surface area contributed by atoms with Crippen LogP contribution in [0.5, 0.6) is 11.5 Å². The molecule has 2 rings (SSSR count). The second kappa shape index (κ2) is 6.04. The van der Waals surface area contributed by atoms with E-state index in [1.165, 1.54) is 7.11 Å².